The largest absolute Gasteiger partial charge is 0.465 e. The normalized spacial score (nSPS) is 20.5. The molecule has 2 N–H and O–H groups in total. The Balaban J connectivity index is 1.15. The van der Waals surface area contributed by atoms with Crippen molar-refractivity contribution in [3.05, 3.63) is 94.9 Å². The molecule has 0 radical (unpaired) electrons. The summed E-state index contributed by atoms with van der Waals surface area (Å²) in [5, 5.41) is 21.3. The topological polar surface area (TPSA) is 121 Å². The van der Waals surface area contributed by atoms with Crippen molar-refractivity contribution in [2.24, 2.45) is 5.92 Å². The van der Waals surface area contributed by atoms with Gasteiger partial charge >= 0.3 is 6.09 Å². The van der Waals surface area contributed by atoms with Crippen LogP contribution < -0.4 is 5.56 Å². The fraction of sp³-hybridized carbons (Fsp3) is 0.355. The first kappa shape index (κ1) is 27.6. The molecule has 0 saturated carbocycles. The van der Waals surface area contributed by atoms with Gasteiger partial charge in [-0.25, -0.2) is 14.2 Å². The second-order valence-electron chi connectivity index (χ2n) is 11.3. The molecule has 4 heterocycles. The molecule has 218 valence electrons. The molecule has 10 nitrogen and oxygen atoms in total. The fourth-order valence-electron chi connectivity index (χ4n) is 6.31. The van der Waals surface area contributed by atoms with E-state index in [0.29, 0.717) is 42.8 Å². The Morgan fingerprint density at radius 2 is 1.76 bits per heavy atom. The number of amides is 2. The van der Waals surface area contributed by atoms with E-state index < -0.39 is 17.5 Å². The zero-order valence-corrected chi connectivity index (χ0v) is 23.0. The number of hydrogen-bond acceptors (Lipinski definition) is 5. The number of aromatic nitrogens is 3. The minimum absolute atomic E-state index is 0.0325. The molecular formula is C31H32FN5O5. The summed E-state index contributed by atoms with van der Waals surface area (Å²) >= 11 is 0. The number of carbonyl (C=O) groups is 2. The van der Waals surface area contributed by atoms with Crippen LogP contribution in [0.2, 0.25) is 0 Å². The Morgan fingerprint density at radius 3 is 2.48 bits per heavy atom. The van der Waals surface area contributed by atoms with Crippen molar-refractivity contribution in [3.63, 3.8) is 0 Å². The number of likely N-dealkylation sites (tertiary alicyclic amines) is 2. The molecule has 6 rings (SSSR count). The molecule has 2 saturated heterocycles. The first-order chi connectivity index (χ1) is 20.2. The maximum absolute atomic E-state index is 13.8. The van der Waals surface area contributed by atoms with Crippen molar-refractivity contribution in [1.29, 1.82) is 0 Å². The lowest BCUT2D eigenvalue weighted by Gasteiger charge is -2.42. The van der Waals surface area contributed by atoms with Crippen molar-refractivity contribution in [2.75, 3.05) is 26.2 Å². The molecule has 2 aromatic carbocycles. The first-order valence-electron chi connectivity index (χ1n) is 14.1. The summed E-state index contributed by atoms with van der Waals surface area (Å²) in [6.07, 6.45) is 3.09. The lowest BCUT2D eigenvalue weighted by Crippen LogP contribution is -2.53. The van der Waals surface area contributed by atoms with Gasteiger partial charge in [-0.15, -0.1) is 0 Å². The Morgan fingerprint density at radius 1 is 1.00 bits per heavy atom. The Kier molecular flexibility index (Phi) is 7.28. The molecule has 2 fully saturated rings. The van der Waals surface area contributed by atoms with Gasteiger partial charge in [0.1, 0.15) is 12.1 Å². The highest BCUT2D eigenvalue weighted by Gasteiger charge is 2.41. The summed E-state index contributed by atoms with van der Waals surface area (Å²) in [4.78, 5) is 46.2. The van der Waals surface area contributed by atoms with E-state index in [0.717, 1.165) is 5.56 Å². The van der Waals surface area contributed by atoms with E-state index in [-0.39, 0.29) is 49.2 Å². The molecule has 42 heavy (non-hydrogen) atoms. The standard InChI is InChI=1S/C31H32FN5O5/c32-22-7-4-8-23(17-22)37-14-10-25-27(37)33-20-36(29(25)39)19-31(42)11-15-34(16-12-31)28(38)24-9-13-35(30(40)41)18-26(24)21-5-2-1-3-6-21/h1-8,10,14,17,20,24,26,42H,9,11-13,15-16,18-19H2,(H,40,41)/t24-,26+/m1/s1. The fourth-order valence-corrected chi connectivity index (χ4v) is 6.31. The van der Waals surface area contributed by atoms with Crippen LogP contribution in [-0.4, -0.2) is 77.9 Å². The third-order valence-corrected chi connectivity index (χ3v) is 8.66. The van der Waals surface area contributed by atoms with Crippen molar-refractivity contribution < 1.29 is 24.2 Å². The van der Waals surface area contributed by atoms with Gasteiger partial charge < -0.3 is 24.6 Å². The van der Waals surface area contributed by atoms with Gasteiger partial charge in [0.2, 0.25) is 5.91 Å². The number of hydrogen-bond donors (Lipinski definition) is 2. The van der Waals surface area contributed by atoms with Gasteiger partial charge in [0.05, 0.1) is 17.5 Å². The number of rotatable bonds is 5. The number of piperidine rings is 2. The monoisotopic (exact) mass is 573 g/mol. The highest BCUT2D eigenvalue weighted by atomic mass is 19.1. The van der Waals surface area contributed by atoms with Crippen molar-refractivity contribution in [2.45, 2.75) is 37.3 Å². The van der Waals surface area contributed by atoms with E-state index >= 15 is 0 Å². The molecule has 2 aliphatic rings. The quantitative estimate of drug-likeness (QED) is 0.377. The van der Waals surface area contributed by atoms with Gasteiger partial charge in [0.15, 0.2) is 5.65 Å². The second-order valence-corrected chi connectivity index (χ2v) is 11.3. The van der Waals surface area contributed by atoms with Crippen LogP contribution >= 0.6 is 0 Å². The third-order valence-electron chi connectivity index (χ3n) is 8.66. The van der Waals surface area contributed by atoms with Gasteiger partial charge in [0, 0.05) is 49.9 Å². The van der Waals surface area contributed by atoms with Gasteiger partial charge in [0.25, 0.3) is 5.56 Å². The summed E-state index contributed by atoms with van der Waals surface area (Å²) in [5.41, 5.74) is 0.374. The van der Waals surface area contributed by atoms with Crippen LogP contribution in [0.25, 0.3) is 16.7 Å². The third kappa shape index (κ3) is 5.27. The predicted octanol–water partition coefficient (Wildman–Crippen LogP) is 3.46. The van der Waals surface area contributed by atoms with E-state index in [1.807, 2.05) is 30.3 Å². The maximum atomic E-state index is 13.8. The highest BCUT2D eigenvalue weighted by Crippen LogP contribution is 2.35. The zero-order valence-electron chi connectivity index (χ0n) is 23.0. The van der Waals surface area contributed by atoms with E-state index in [9.17, 15) is 29.0 Å². The summed E-state index contributed by atoms with van der Waals surface area (Å²) in [6.45, 7) is 1.25. The van der Waals surface area contributed by atoms with E-state index in [1.165, 1.54) is 27.9 Å². The summed E-state index contributed by atoms with van der Waals surface area (Å²) < 4.78 is 16.8. The molecule has 0 bridgehead atoms. The van der Waals surface area contributed by atoms with Crippen LogP contribution in [0, 0.1) is 11.7 Å². The van der Waals surface area contributed by atoms with Crippen molar-refractivity contribution in [1.82, 2.24) is 23.9 Å². The molecule has 0 spiro atoms. The number of carboxylic acid groups (broad SMARTS) is 1. The minimum Gasteiger partial charge on any atom is -0.465 e. The highest BCUT2D eigenvalue weighted by molar-refractivity contribution is 5.81. The average molecular weight is 574 g/mol. The van der Waals surface area contributed by atoms with Crippen LogP contribution in [0.3, 0.4) is 0 Å². The summed E-state index contributed by atoms with van der Waals surface area (Å²) in [5.74, 6) is -1.03. The number of fused-ring (bicyclic) bond motifs is 1. The van der Waals surface area contributed by atoms with Gasteiger partial charge in [-0.05, 0) is 49.1 Å². The van der Waals surface area contributed by atoms with Gasteiger partial charge in [-0.2, -0.15) is 0 Å². The molecule has 11 heteroatoms. The van der Waals surface area contributed by atoms with Gasteiger partial charge in [-0.1, -0.05) is 36.4 Å². The lowest BCUT2D eigenvalue weighted by molar-refractivity contribution is -0.142. The number of carbonyl (C=O) groups excluding carboxylic acids is 1. The van der Waals surface area contributed by atoms with E-state index in [1.54, 1.807) is 33.9 Å². The lowest BCUT2D eigenvalue weighted by atomic mass is 9.79. The second kappa shape index (κ2) is 11.1. The predicted molar refractivity (Wildman–Crippen MR) is 153 cm³/mol. The van der Waals surface area contributed by atoms with Crippen molar-refractivity contribution in [3.8, 4) is 5.69 Å². The molecule has 2 amide bonds. The minimum atomic E-state index is -1.20. The Bertz CT molecular complexity index is 1680. The van der Waals surface area contributed by atoms with Crippen LogP contribution in [0.1, 0.15) is 30.7 Å². The van der Waals surface area contributed by atoms with Crippen LogP contribution in [0.4, 0.5) is 9.18 Å². The van der Waals surface area contributed by atoms with Gasteiger partial charge in [-0.3, -0.25) is 14.2 Å². The molecule has 0 unspecified atom stereocenters. The van der Waals surface area contributed by atoms with E-state index in [4.69, 9.17) is 0 Å². The van der Waals surface area contributed by atoms with Crippen LogP contribution in [-0.2, 0) is 11.3 Å². The first-order valence-corrected chi connectivity index (χ1v) is 14.1. The maximum Gasteiger partial charge on any atom is 0.407 e. The average Bonchev–Trinajstić information content (AvgIpc) is 3.44. The number of benzene rings is 2. The number of halogens is 1. The van der Waals surface area contributed by atoms with Crippen molar-refractivity contribution >= 4 is 23.0 Å². The van der Waals surface area contributed by atoms with Crippen LogP contribution in [0.5, 0.6) is 0 Å². The molecule has 4 aromatic rings. The number of nitrogens with zero attached hydrogens (tertiary/aromatic N) is 5. The SMILES string of the molecule is O=C(O)N1CC[C@@H](C(=O)N2CCC(O)(Cn3cnc4c(ccn4-c4cccc(F)c4)c3=O)CC2)[C@H](c2ccccc2)C1. The molecule has 2 aliphatic heterocycles. The smallest absolute Gasteiger partial charge is 0.407 e. The summed E-state index contributed by atoms with van der Waals surface area (Å²) in [6, 6.07) is 17.2. The Hall–Kier alpha value is -4.51. The summed E-state index contributed by atoms with van der Waals surface area (Å²) in [7, 11) is 0. The van der Waals surface area contributed by atoms with E-state index in [2.05, 4.69) is 4.98 Å². The van der Waals surface area contributed by atoms with Crippen LogP contribution in [0.15, 0.2) is 78.0 Å². The number of aliphatic hydroxyl groups is 1. The molecular weight excluding hydrogens is 541 g/mol. The molecule has 0 aliphatic carbocycles. The molecule has 2 atom stereocenters. The molecule has 2 aromatic heterocycles. The zero-order chi connectivity index (χ0) is 29.4. The Labute approximate surface area is 241 Å².